The molecule has 0 spiro atoms. The molecule has 0 radical (unpaired) electrons. The van der Waals surface area contributed by atoms with E-state index in [4.69, 9.17) is 0 Å². The van der Waals surface area contributed by atoms with E-state index in [1.54, 1.807) is 12.1 Å². The predicted octanol–water partition coefficient (Wildman–Crippen LogP) is 1.57. The number of hydrogen-bond donors (Lipinski definition) is 2. The molecule has 1 aromatic carbocycles. The Morgan fingerprint density at radius 2 is 1.89 bits per heavy atom. The monoisotopic (exact) mass is 362 g/mol. The standard InChI is InChI=1S/C19H18N6O2/c26-18-13-15(23-25(18)14-7-2-1-3-8-14)19(27)20-11-6-10-17-22-21-16-9-4-5-12-24(16)17/h1-5,7-9,12-13,23H,6,10-11H2,(H,20,27). The number of carbonyl (C=O) groups is 1. The number of H-pyrrole nitrogens is 1. The summed E-state index contributed by atoms with van der Waals surface area (Å²) in [4.78, 5) is 24.4. The Bertz CT molecular complexity index is 1130. The van der Waals surface area contributed by atoms with Crippen LogP contribution in [0.15, 0.2) is 65.6 Å². The van der Waals surface area contributed by atoms with E-state index in [-0.39, 0.29) is 17.2 Å². The van der Waals surface area contributed by atoms with Crippen LogP contribution in [0.5, 0.6) is 0 Å². The van der Waals surface area contributed by atoms with Gasteiger partial charge in [0.1, 0.15) is 11.5 Å². The molecule has 0 aliphatic rings. The molecule has 0 fully saturated rings. The van der Waals surface area contributed by atoms with Crippen molar-refractivity contribution in [1.82, 2.24) is 29.7 Å². The van der Waals surface area contributed by atoms with E-state index in [0.29, 0.717) is 25.1 Å². The summed E-state index contributed by atoms with van der Waals surface area (Å²) in [7, 11) is 0. The lowest BCUT2D eigenvalue weighted by Crippen LogP contribution is -2.25. The van der Waals surface area contributed by atoms with Crippen LogP contribution in [0.2, 0.25) is 0 Å². The van der Waals surface area contributed by atoms with E-state index < -0.39 is 0 Å². The molecule has 0 atom stereocenters. The Labute approximate surface area is 154 Å². The van der Waals surface area contributed by atoms with Crippen LogP contribution in [0.4, 0.5) is 0 Å². The van der Waals surface area contributed by atoms with Crippen LogP contribution >= 0.6 is 0 Å². The number of amides is 1. The number of carbonyl (C=O) groups excluding carboxylic acids is 1. The van der Waals surface area contributed by atoms with Crippen molar-refractivity contribution in [3.63, 3.8) is 0 Å². The van der Waals surface area contributed by atoms with Gasteiger partial charge in [0.25, 0.3) is 11.5 Å². The third-order valence-electron chi connectivity index (χ3n) is 4.23. The van der Waals surface area contributed by atoms with Crippen molar-refractivity contribution < 1.29 is 4.79 Å². The zero-order chi connectivity index (χ0) is 18.6. The molecule has 8 nitrogen and oxygen atoms in total. The van der Waals surface area contributed by atoms with E-state index in [1.165, 1.54) is 10.7 Å². The van der Waals surface area contributed by atoms with E-state index in [0.717, 1.165) is 11.5 Å². The number of pyridine rings is 1. The molecule has 0 saturated carbocycles. The topological polar surface area (TPSA) is 97.1 Å². The maximum Gasteiger partial charge on any atom is 0.271 e. The number of aromatic amines is 1. The molecular formula is C19H18N6O2. The summed E-state index contributed by atoms with van der Waals surface area (Å²) in [6, 6.07) is 16.1. The highest BCUT2D eigenvalue weighted by Gasteiger charge is 2.12. The minimum atomic E-state index is -0.312. The largest absolute Gasteiger partial charge is 0.351 e. The van der Waals surface area contributed by atoms with Crippen molar-refractivity contribution in [2.45, 2.75) is 12.8 Å². The van der Waals surface area contributed by atoms with Crippen molar-refractivity contribution in [3.05, 3.63) is 82.7 Å². The van der Waals surface area contributed by atoms with Gasteiger partial charge in [-0.2, -0.15) is 0 Å². The molecular weight excluding hydrogens is 344 g/mol. The normalized spacial score (nSPS) is 11.0. The average molecular weight is 362 g/mol. The molecule has 0 saturated heterocycles. The molecule has 4 rings (SSSR count). The molecule has 4 aromatic rings. The van der Waals surface area contributed by atoms with Crippen LogP contribution in [-0.2, 0) is 6.42 Å². The Kier molecular flexibility index (Phi) is 4.52. The molecule has 3 aromatic heterocycles. The number of aryl methyl sites for hydroxylation is 1. The first-order valence-corrected chi connectivity index (χ1v) is 8.67. The summed E-state index contributed by atoms with van der Waals surface area (Å²) in [6.45, 7) is 0.471. The number of hydrogen-bond acceptors (Lipinski definition) is 4. The summed E-state index contributed by atoms with van der Waals surface area (Å²) >= 11 is 0. The molecule has 0 aliphatic carbocycles. The van der Waals surface area contributed by atoms with Gasteiger partial charge in [0.05, 0.1) is 5.69 Å². The van der Waals surface area contributed by atoms with Crippen LogP contribution in [0.3, 0.4) is 0 Å². The van der Waals surface area contributed by atoms with Gasteiger partial charge in [0, 0.05) is 25.2 Å². The lowest BCUT2D eigenvalue weighted by atomic mass is 10.3. The maximum absolute atomic E-state index is 12.3. The summed E-state index contributed by atoms with van der Waals surface area (Å²) in [6.07, 6.45) is 3.32. The first-order valence-electron chi connectivity index (χ1n) is 8.67. The molecule has 3 heterocycles. The zero-order valence-corrected chi connectivity index (χ0v) is 14.5. The number of nitrogens with zero attached hydrogens (tertiary/aromatic N) is 4. The van der Waals surface area contributed by atoms with Crippen LogP contribution in [0, 0.1) is 0 Å². The molecule has 2 N–H and O–H groups in total. The van der Waals surface area contributed by atoms with Crippen LogP contribution < -0.4 is 10.9 Å². The van der Waals surface area contributed by atoms with Crippen LogP contribution in [0.1, 0.15) is 22.7 Å². The Hall–Kier alpha value is -3.68. The highest BCUT2D eigenvalue weighted by Crippen LogP contribution is 2.05. The second-order valence-corrected chi connectivity index (χ2v) is 6.08. The fourth-order valence-corrected chi connectivity index (χ4v) is 2.89. The first kappa shape index (κ1) is 16.8. The minimum absolute atomic E-state index is 0.233. The maximum atomic E-state index is 12.3. The van der Waals surface area contributed by atoms with E-state index in [9.17, 15) is 9.59 Å². The summed E-state index contributed by atoms with van der Waals surface area (Å²) in [5.74, 6) is 0.538. The van der Waals surface area contributed by atoms with Gasteiger partial charge in [-0.15, -0.1) is 10.2 Å². The molecule has 136 valence electrons. The Balaban J connectivity index is 1.35. The molecule has 0 unspecified atom stereocenters. The number of benzene rings is 1. The van der Waals surface area contributed by atoms with E-state index in [1.807, 2.05) is 47.0 Å². The third-order valence-corrected chi connectivity index (χ3v) is 4.23. The second kappa shape index (κ2) is 7.28. The van der Waals surface area contributed by atoms with Gasteiger partial charge in [-0.05, 0) is 30.7 Å². The van der Waals surface area contributed by atoms with E-state index in [2.05, 4.69) is 20.6 Å². The van der Waals surface area contributed by atoms with Crippen molar-refractivity contribution in [2.75, 3.05) is 6.54 Å². The quantitative estimate of drug-likeness (QED) is 0.509. The van der Waals surface area contributed by atoms with Crippen molar-refractivity contribution in [3.8, 4) is 5.69 Å². The number of para-hydroxylation sites is 1. The van der Waals surface area contributed by atoms with Crippen LogP contribution in [0.25, 0.3) is 11.3 Å². The number of aromatic nitrogens is 5. The Morgan fingerprint density at radius 3 is 2.74 bits per heavy atom. The fraction of sp³-hybridized carbons (Fsp3) is 0.158. The molecule has 27 heavy (non-hydrogen) atoms. The van der Waals surface area contributed by atoms with Gasteiger partial charge in [-0.3, -0.25) is 19.1 Å². The number of nitrogens with one attached hydrogen (secondary N) is 2. The number of rotatable bonds is 6. The Morgan fingerprint density at radius 1 is 1.07 bits per heavy atom. The van der Waals surface area contributed by atoms with Gasteiger partial charge in [0.2, 0.25) is 0 Å². The highest BCUT2D eigenvalue weighted by atomic mass is 16.2. The highest BCUT2D eigenvalue weighted by molar-refractivity contribution is 5.92. The van der Waals surface area contributed by atoms with Crippen molar-refractivity contribution in [1.29, 1.82) is 0 Å². The smallest absolute Gasteiger partial charge is 0.271 e. The first-order chi connectivity index (χ1) is 13.2. The van der Waals surface area contributed by atoms with Gasteiger partial charge in [0.15, 0.2) is 5.65 Å². The van der Waals surface area contributed by atoms with Crippen molar-refractivity contribution >= 4 is 11.6 Å². The molecule has 0 bridgehead atoms. The van der Waals surface area contributed by atoms with Gasteiger partial charge in [-0.1, -0.05) is 24.3 Å². The SMILES string of the molecule is O=C(NCCCc1nnc2ccccn12)c1cc(=O)n(-c2ccccc2)[nH]1. The zero-order valence-electron chi connectivity index (χ0n) is 14.5. The predicted molar refractivity (Wildman–Crippen MR) is 100 cm³/mol. The van der Waals surface area contributed by atoms with Gasteiger partial charge in [-0.25, -0.2) is 4.68 Å². The summed E-state index contributed by atoms with van der Waals surface area (Å²) < 4.78 is 3.27. The lowest BCUT2D eigenvalue weighted by Gasteiger charge is -2.04. The van der Waals surface area contributed by atoms with Gasteiger partial charge >= 0.3 is 0 Å². The van der Waals surface area contributed by atoms with E-state index >= 15 is 0 Å². The summed E-state index contributed by atoms with van der Waals surface area (Å²) in [5, 5.41) is 13.9. The molecule has 8 heteroatoms. The van der Waals surface area contributed by atoms with Crippen LogP contribution in [-0.4, -0.2) is 36.8 Å². The molecule has 0 aliphatic heterocycles. The third kappa shape index (κ3) is 3.50. The fourth-order valence-electron chi connectivity index (χ4n) is 2.89. The summed E-state index contributed by atoms with van der Waals surface area (Å²) in [5.41, 5.74) is 1.44. The minimum Gasteiger partial charge on any atom is -0.351 e. The average Bonchev–Trinajstić information content (AvgIpc) is 3.29. The van der Waals surface area contributed by atoms with Crippen molar-refractivity contribution in [2.24, 2.45) is 0 Å². The second-order valence-electron chi connectivity index (χ2n) is 6.08. The molecule has 1 amide bonds. The number of fused-ring (bicyclic) bond motifs is 1. The van der Waals surface area contributed by atoms with Gasteiger partial charge < -0.3 is 5.32 Å². The lowest BCUT2D eigenvalue weighted by molar-refractivity contribution is 0.0947.